The summed E-state index contributed by atoms with van der Waals surface area (Å²) in [5.41, 5.74) is 1.61. The number of fused-ring (bicyclic) bond motifs is 1. The molecule has 0 radical (unpaired) electrons. The summed E-state index contributed by atoms with van der Waals surface area (Å²) in [7, 11) is -1.73. The Balaban J connectivity index is 0.000000479. The highest BCUT2D eigenvalue weighted by molar-refractivity contribution is 7.90. The minimum Gasteiger partial charge on any atom is -0.497 e. The van der Waals surface area contributed by atoms with E-state index in [0.717, 1.165) is 11.3 Å². The van der Waals surface area contributed by atoms with Gasteiger partial charge in [0.25, 0.3) is 5.91 Å². The Kier molecular flexibility index (Phi) is 9.13. The molecule has 1 amide bonds. The number of aliphatic carboxylic acids is 1. The van der Waals surface area contributed by atoms with Crippen molar-refractivity contribution in [2.75, 3.05) is 33.3 Å². The first-order valence-electron chi connectivity index (χ1n) is 11.5. The van der Waals surface area contributed by atoms with E-state index in [4.69, 9.17) is 14.6 Å². The van der Waals surface area contributed by atoms with Crippen LogP contribution in [0.4, 0.5) is 13.2 Å². The zero-order valence-electron chi connectivity index (χ0n) is 20.1. The number of carbonyl (C=O) groups excluding carboxylic acids is 1. The van der Waals surface area contributed by atoms with Gasteiger partial charge in [0, 0.05) is 38.6 Å². The van der Waals surface area contributed by atoms with Gasteiger partial charge in [-0.15, -0.1) is 0 Å². The second-order valence-corrected chi connectivity index (χ2v) is 10.9. The molecular weight excluding hydrogens is 515 g/mol. The molecule has 9 nitrogen and oxygen atoms in total. The number of sulfonamides is 1. The van der Waals surface area contributed by atoms with E-state index in [0.29, 0.717) is 51.0 Å². The summed E-state index contributed by atoms with van der Waals surface area (Å²) in [6.45, 7) is 2.04. The second kappa shape index (κ2) is 11.9. The summed E-state index contributed by atoms with van der Waals surface area (Å²) in [5, 5.41) is 6.72. The van der Waals surface area contributed by atoms with Crippen molar-refractivity contribution in [3.8, 4) is 5.75 Å². The maximum absolute atomic E-state index is 13.2. The zero-order valence-corrected chi connectivity index (χ0v) is 20.9. The lowest BCUT2D eigenvalue weighted by Crippen LogP contribution is -2.35. The van der Waals surface area contributed by atoms with Crippen LogP contribution in [0.25, 0.3) is 0 Å². The molecule has 202 valence electrons. The lowest BCUT2D eigenvalue weighted by Gasteiger charge is -2.22. The van der Waals surface area contributed by atoms with Crippen LogP contribution >= 0.6 is 0 Å². The number of likely N-dealkylation sites (tertiary alicyclic amines) is 1. The van der Waals surface area contributed by atoms with Crippen LogP contribution in [0.3, 0.4) is 0 Å². The third-order valence-corrected chi connectivity index (χ3v) is 8.82. The quantitative estimate of drug-likeness (QED) is 0.616. The van der Waals surface area contributed by atoms with Crippen LogP contribution in [0.15, 0.2) is 48.8 Å². The molecule has 2 fully saturated rings. The van der Waals surface area contributed by atoms with Gasteiger partial charge in [0.1, 0.15) is 5.75 Å². The Bertz CT molecular complexity index is 1190. The maximum Gasteiger partial charge on any atom is 0.490 e. The minimum absolute atomic E-state index is 0.0620. The topological polar surface area (TPSA) is 117 Å². The van der Waals surface area contributed by atoms with E-state index in [1.807, 2.05) is 24.3 Å². The van der Waals surface area contributed by atoms with Crippen molar-refractivity contribution in [1.29, 1.82) is 0 Å². The molecule has 2 aliphatic rings. The number of rotatable bonds is 5. The summed E-state index contributed by atoms with van der Waals surface area (Å²) < 4.78 is 64.9. The number of nitrogens with zero attached hydrogens (tertiary/aromatic N) is 3. The molecule has 2 atom stereocenters. The van der Waals surface area contributed by atoms with Crippen molar-refractivity contribution < 1.29 is 41.0 Å². The monoisotopic (exact) mass is 543 g/mol. The average Bonchev–Trinajstić information content (AvgIpc) is 2.99. The standard InChI is InChI=1S/C22H27N3O4S.C2HF3O2/c1-29-20-6-2-4-17(14-20)7-13-25-16-19-8-11-24(12-9-21(19)30(25,27)28)22(26)18-5-3-10-23-15-18;3-2(4,5)1(6)7/h2-6,10,14-15,19,21H,7-9,11-13,16H2,1H3;(H,6,7)/t19-,21-;/m1./s1. The Labute approximate surface area is 212 Å². The number of aromatic nitrogens is 1. The number of methoxy groups -OCH3 is 1. The van der Waals surface area contributed by atoms with Crippen molar-refractivity contribution >= 4 is 21.9 Å². The number of carboxylic acid groups (broad SMARTS) is 1. The van der Waals surface area contributed by atoms with Crippen LogP contribution in [0, 0.1) is 5.92 Å². The normalized spacial score (nSPS) is 21.2. The number of pyridine rings is 1. The van der Waals surface area contributed by atoms with E-state index < -0.39 is 27.4 Å². The molecule has 3 heterocycles. The largest absolute Gasteiger partial charge is 0.497 e. The molecular formula is C24H28F3N3O6S. The first-order valence-corrected chi connectivity index (χ1v) is 13.0. The molecule has 1 aromatic carbocycles. The molecule has 1 aromatic heterocycles. The second-order valence-electron chi connectivity index (χ2n) is 8.72. The Morgan fingerprint density at radius 3 is 2.49 bits per heavy atom. The Hall–Kier alpha value is -3.19. The van der Waals surface area contributed by atoms with Crippen molar-refractivity contribution in [2.24, 2.45) is 5.92 Å². The van der Waals surface area contributed by atoms with E-state index in [-0.39, 0.29) is 11.8 Å². The van der Waals surface area contributed by atoms with Gasteiger partial charge in [-0.05, 0) is 55.0 Å². The highest BCUT2D eigenvalue weighted by atomic mass is 32.2. The molecule has 0 unspecified atom stereocenters. The number of hydrogen-bond donors (Lipinski definition) is 1. The Morgan fingerprint density at radius 1 is 1.16 bits per heavy atom. The first kappa shape index (κ1) is 28.4. The number of amides is 1. The lowest BCUT2D eigenvalue weighted by atomic mass is 10.0. The highest BCUT2D eigenvalue weighted by Gasteiger charge is 2.47. The molecule has 0 bridgehead atoms. The fourth-order valence-electron chi connectivity index (χ4n) is 4.47. The predicted octanol–water partition coefficient (Wildman–Crippen LogP) is 2.83. The first-order chi connectivity index (χ1) is 17.4. The molecule has 37 heavy (non-hydrogen) atoms. The molecule has 1 N–H and O–H groups in total. The number of halogens is 3. The highest BCUT2D eigenvalue weighted by Crippen LogP contribution is 2.34. The van der Waals surface area contributed by atoms with E-state index in [1.54, 1.807) is 40.8 Å². The molecule has 2 aliphatic heterocycles. The van der Waals surface area contributed by atoms with Gasteiger partial charge in [0.2, 0.25) is 10.0 Å². The summed E-state index contributed by atoms with van der Waals surface area (Å²) in [6, 6.07) is 11.2. The maximum atomic E-state index is 13.2. The smallest absolute Gasteiger partial charge is 0.490 e. The summed E-state index contributed by atoms with van der Waals surface area (Å²) in [4.78, 5) is 27.4. The van der Waals surface area contributed by atoms with Gasteiger partial charge >= 0.3 is 12.1 Å². The van der Waals surface area contributed by atoms with Gasteiger partial charge < -0.3 is 14.7 Å². The van der Waals surface area contributed by atoms with Crippen LogP contribution in [0.1, 0.15) is 28.8 Å². The van der Waals surface area contributed by atoms with Crippen LogP contribution in [-0.2, 0) is 21.2 Å². The molecule has 4 rings (SSSR count). The summed E-state index contributed by atoms with van der Waals surface area (Å²) >= 11 is 0. The summed E-state index contributed by atoms with van der Waals surface area (Å²) in [6.07, 6.45) is -0.0525. The molecule has 0 aliphatic carbocycles. The fraction of sp³-hybridized carbons (Fsp3) is 0.458. The van der Waals surface area contributed by atoms with Gasteiger partial charge in [0.15, 0.2) is 0 Å². The molecule has 0 saturated carbocycles. The van der Waals surface area contributed by atoms with E-state index in [1.165, 1.54) is 0 Å². The van der Waals surface area contributed by atoms with Gasteiger partial charge in [-0.25, -0.2) is 17.5 Å². The number of carbonyl (C=O) groups is 2. The van der Waals surface area contributed by atoms with Crippen LogP contribution < -0.4 is 4.74 Å². The third-order valence-electron chi connectivity index (χ3n) is 6.38. The van der Waals surface area contributed by atoms with E-state index in [9.17, 15) is 26.4 Å². The van der Waals surface area contributed by atoms with Gasteiger partial charge in [-0.2, -0.15) is 13.2 Å². The Morgan fingerprint density at radius 2 is 1.86 bits per heavy atom. The predicted molar refractivity (Wildman–Crippen MR) is 128 cm³/mol. The number of benzene rings is 1. The van der Waals surface area contributed by atoms with Crippen molar-refractivity contribution in [2.45, 2.75) is 30.7 Å². The molecule has 2 aromatic rings. The van der Waals surface area contributed by atoms with Gasteiger partial charge in [-0.1, -0.05) is 12.1 Å². The SMILES string of the molecule is COc1cccc(CCN2C[C@H]3CCN(C(=O)c4cccnc4)CC[C@H]3S2(=O)=O)c1.O=C(O)C(F)(F)F. The van der Waals surface area contributed by atoms with Crippen LogP contribution in [0.2, 0.25) is 0 Å². The van der Waals surface area contributed by atoms with Crippen molar-refractivity contribution in [3.63, 3.8) is 0 Å². The van der Waals surface area contributed by atoms with Crippen LogP contribution in [-0.4, -0.2) is 84.3 Å². The number of ether oxygens (including phenoxy) is 1. The fourth-order valence-corrected chi connectivity index (χ4v) is 6.71. The van der Waals surface area contributed by atoms with Gasteiger partial charge in [-0.3, -0.25) is 9.78 Å². The zero-order chi connectivity index (χ0) is 27.2. The number of alkyl halides is 3. The van der Waals surface area contributed by atoms with E-state index >= 15 is 0 Å². The number of hydrogen-bond acceptors (Lipinski definition) is 6. The van der Waals surface area contributed by atoms with Crippen molar-refractivity contribution in [3.05, 3.63) is 59.9 Å². The molecule has 13 heteroatoms. The van der Waals surface area contributed by atoms with Gasteiger partial charge in [0.05, 0.1) is 17.9 Å². The van der Waals surface area contributed by atoms with Crippen molar-refractivity contribution in [1.82, 2.24) is 14.2 Å². The molecule has 0 spiro atoms. The number of carboxylic acids is 1. The van der Waals surface area contributed by atoms with Crippen LogP contribution in [0.5, 0.6) is 5.75 Å². The molecule has 2 saturated heterocycles. The lowest BCUT2D eigenvalue weighted by molar-refractivity contribution is -0.192. The van der Waals surface area contributed by atoms with E-state index in [2.05, 4.69) is 4.98 Å². The minimum atomic E-state index is -5.08. The third kappa shape index (κ3) is 7.19. The summed E-state index contributed by atoms with van der Waals surface area (Å²) in [5.74, 6) is -1.99. The average molecular weight is 544 g/mol.